The van der Waals surface area contributed by atoms with E-state index in [-0.39, 0.29) is 113 Å². The van der Waals surface area contributed by atoms with Crippen LogP contribution in [0.5, 0.6) is 5.75 Å². The van der Waals surface area contributed by atoms with Crippen molar-refractivity contribution in [3.8, 4) is 5.75 Å². The van der Waals surface area contributed by atoms with Crippen molar-refractivity contribution in [2.75, 3.05) is 13.1 Å². The zero-order chi connectivity index (χ0) is 112. The van der Waals surface area contributed by atoms with E-state index in [9.17, 15) is 135 Å². The number of carbonyl (C=O) groups excluding carboxylic acids is 18. The number of rotatable bonds is 71. The number of unbranched alkanes of at least 4 members (excludes halogenated alkanes) is 1. The van der Waals surface area contributed by atoms with E-state index in [1.807, 2.05) is 5.32 Å². The summed E-state index contributed by atoms with van der Waals surface area (Å²) in [7, 11) is 0. The van der Waals surface area contributed by atoms with E-state index in [1.165, 1.54) is 16.8 Å². The molecule has 0 bridgehead atoms. The predicted molar refractivity (Wildman–Crippen MR) is 525 cm³/mol. The van der Waals surface area contributed by atoms with E-state index in [0.717, 1.165) is 0 Å². The molecule has 54 nitrogen and oxygen atoms in total. The van der Waals surface area contributed by atoms with Gasteiger partial charge in [-0.15, -0.1) is 5.10 Å². The number of aromatic nitrogens is 3. The minimum atomic E-state index is -2.03. The molecule has 0 spiro atoms. The summed E-state index contributed by atoms with van der Waals surface area (Å²) in [5.74, 6) is -28.0. The molecule has 0 aliphatic carbocycles. The highest BCUT2D eigenvalue weighted by Gasteiger charge is 2.40. The molecule has 5 aromatic rings. The van der Waals surface area contributed by atoms with Crippen LogP contribution in [0, 0.1) is 11.8 Å². The van der Waals surface area contributed by atoms with Crippen molar-refractivity contribution in [3.05, 3.63) is 149 Å². The molecule has 0 aliphatic heterocycles. The Kier molecular flexibility index (Phi) is 52.2. The van der Waals surface area contributed by atoms with Gasteiger partial charge in [0.2, 0.25) is 94.5 Å². The average molecular weight is 2100 g/mol. The van der Waals surface area contributed by atoms with Crippen LogP contribution in [0.2, 0.25) is 0 Å². The zero-order valence-corrected chi connectivity index (χ0v) is 82.8. The van der Waals surface area contributed by atoms with Gasteiger partial charge >= 0.3 is 35.8 Å². The lowest BCUT2D eigenvalue weighted by atomic mass is 9.99. The minimum absolute atomic E-state index is 0.0171. The molecular weight excluding hydrogens is 1970 g/mol. The van der Waals surface area contributed by atoms with E-state index < -0.39 is 304 Å². The molecule has 0 fully saturated rings. The number of hydrogen-bond donors (Lipinski definition) is 26. The zero-order valence-electron chi connectivity index (χ0n) is 82.8. The summed E-state index contributed by atoms with van der Waals surface area (Å²) in [4.78, 5) is 313. The largest absolute Gasteiger partial charge is 0.487 e. The fourth-order valence-electron chi connectivity index (χ4n) is 14.8. The van der Waals surface area contributed by atoms with E-state index in [2.05, 4.69) is 79.4 Å². The lowest BCUT2D eigenvalue weighted by molar-refractivity contribution is -0.142. The van der Waals surface area contributed by atoms with Gasteiger partial charge in [-0.05, 0) is 136 Å². The third-order valence-corrected chi connectivity index (χ3v) is 22.5. The van der Waals surface area contributed by atoms with Gasteiger partial charge in [0, 0.05) is 75.2 Å². The Morgan fingerprint density at radius 3 is 1.12 bits per heavy atom. The maximum absolute atomic E-state index is 14.6. The van der Waals surface area contributed by atoms with Crippen molar-refractivity contribution in [3.63, 3.8) is 0 Å². The molecule has 150 heavy (non-hydrogen) atoms. The van der Waals surface area contributed by atoms with Gasteiger partial charge in [-0.3, -0.25) is 115 Å². The fraction of sp³-hybridized carbons (Fsp3) is 0.479. The second kappa shape index (κ2) is 63.4. The fourth-order valence-corrected chi connectivity index (χ4v) is 14.8. The molecule has 18 amide bonds. The van der Waals surface area contributed by atoms with Gasteiger partial charge in [-0.25, -0.2) is 4.68 Å². The van der Waals surface area contributed by atoms with E-state index >= 15 is 0 Å². The van der Waals surface area contributed by atoms with Crippen LogP contribution in [0.1, 0.15) is 199 Å². The van der Waals surface area contributed by atoms with Crippen molar-refractivity contribution < 1.29 is 150 Å². The number of primary amides is 4. The highest BCUT2D eigenvalue weighted by molar-refractivity contribution is 6.02. The first kappa shape index (κ1) is 123. The van der Waals surface area contributed by atoms with Crippen molar-refractivity contribution in [1.29, 1.82) is 0 Å². The average Bonchev–Trinajstić information content (AvgIpc) is 1.18. The number of carboxylic acid groups (broad SMARTS) is 6. The third kappa shape index (κ3) is 47.5. The second-order valence-electron chi connectivity index (χ2n) is 36.1. The molecule has 14 atom stereocenters. The maximum atomic E-state index is 14.6. The molecule has 0 aliphatic rings. The summed E-state index contributed by atoms with van der Waals surface area (Å²) in [6.07, 6.45) is -8.08. The number of carboxylic acids is 6. The van der Waals surface area contributed by atoms with Crippen molar-refractivity contribution in [2.45, 2.75) is 267 Å². The van der Waals surface area contributed by atoms with Crippen LogP contribution in [-0.4, -0.2) is 285 Å². The van der Waals surface area contributed by atoms with Gasteiger partial charge < -0.3 is 144 Å². The summed E-state index contributed by atoms with van der Waals surface area (Å²) in [6.45, 7) is 7.00. The number of aliphatic carboxylic acids is 6. The Bertz CT molecular complexity index is 5560. The Morgan fingerprint density at radius 1 is 0.333 bits per heavy atom. The van der Waals surface area contributed by atoms with Gasteiger partial charge in [0.25, 0.3) is 11.8 Å². The molecule has 816 valence electrons. The molecule has 0 unspecified atom stereocenters. The molecule has 0 radical (unpaired) electrons. The molecule has 5 rings (SSSR count). The van der Waals surface area contributed by atoms with E-state index in [0.29, 0.717) is 28.1 Å². The van der Waals surface area contributed by atoms with Crippen LogP contribution in [0.4, 0.5) is 0 Å². The molecule has 0 saturated carbocycles. The van der Waals surface area contributed by atoms with Gasteiger partial charge in [-0.2, -0.15) is 0 Å². The number of amides is 18. The molecule has 32 N–H and O–H groups in total. The van der Waals surface area contributed by atoms with Crippen LogP contribution < -0.4 is 114 Å². The SMILES string of the molecule is CC(C)C[C@H](NC(=O)[C@H](Cc1ccccc1)NC(=O)[C@H](CCC(=O)O)NC(=O)[C@H](CC(N)=O)NC(=O)[C@H](CC(=O)O)NC(=O)[C@@H](N)CCC(=O)O)C(=O)N[C@H](CCNC(=O)c1cccc(Cn2cc(COc3ccc(C(=O)NCCCC[C@H](NC(=O)[C@H](CC(C)C)NC(=O)[C@H](Cc4ccccc4)NC(=O)[C@H](CCC(=O)O)NC(=O)[C@H](CC(N)=O)NC(=O)[C@H](CC(=O)O)NC(=O)[C@@H](N)CCC(=O)O)C(N)=O)cc3)nn2)c1)CCC(N)=O. The third-order valence-electron chi connectivity index (χ3n) is 22.5. The number of carbonyl (C=O) groups is 24. The predicted octanol–water partition coefficient (Wildman–Crippen LogP) is -5.11. The lowest BCUT2D eigenvalue weighted by Crippen LogP contribution is -2.60. The molecule has 1 aromatic heterocycles. The summed E-state index contributed by atoms with van der Waals surface area (Å²) in [5.41, 5.74) is 36.0. The van der Waals surface area contributed by atoms with Crippen LogP contribution >= 0.6 is 0 Å². The van der Waals surface area contributed by atoms with Crippen LogP contribution in [0.3, 0.4) is 0 Å². The summed E-state index contributed by atoms with van der Waals surface area (Å²) >= 11 is 0. The van der Waals surface area contributed by atoms with E-state index in [4.69, 9.17) is 49.4 Å². The van der Waals surface area contributed by atoms with E-state index in [1.54, 1.807) is 131 Å². The standard InChI is InChI=1S/C96H131N23O31/c1-50(2)38-65(111-91(144)67(41-52-14-7-5-8-15-52)113-87(140)63(28-33-78(127)128)107-93(146)69(43-74(100)121)115-95(148)71(45-80(131)132)109-85(138)60(97)26-31-76(123)124)89(142)105-57(23-30-73(99)120)35-37-104-84(137)56-19-13-18-54(40-56)47-119-48-58(117-118-119)49-150-59-24-21-55(22-25-59)83(136)103-36-12-11-20-62(82(102)135)106-90(143)66(39-51(3)4)112-92(145)68(42-53-16-9-6-10-17-53)114-88(141)64(29-34-79(129)130)108-94(147)70(44-75(101)122)116-96(149)72(46-81(133)134)110-86(139)61(98)27-32-77(125)126/h5-10,13-19,21-22,24-25,40,48,50-51,57,60-72H,11-12,20,23,26-39,41-47,49,97-98H2,1-4H3,(H2,99,120)(H2,100,121)(H2,101,122)(H2,102,135)(H,103,136)(H,104,137)(H,105,142)(H,106,143)(H,107,146)(H,108,147)(H,109,138)(H,110,139)(H,111,144)(H,112,145)(H,113,140)(H,114,141)(H,115,148)(H,116,149)(H,123,124)(H,125,126)(H,127,128)(H,129,130)(H,131,132)(H,133,134)/t57-,60-,61-,62-,63-,64-,65-,66-,67-,68-,69-,70-,71-,72-/m0/s1. The Hall–Kier alpha value is -17.0. The Labute approximate surface area is 858 Å². The molecule has 1 heterocycles. The van der Waals surface area contributed by atoms with Gasteiger partial charge in [0.1, 0.15) is 84.5 Å². The van der Waals surface area contributed by atoms with Crippen LogP contribution in [0.15, 0.2) is 115 Å². The Balaban J connectivity index is 1.17. The topological polar surface area (TPSA) is 896 Å². The molecule has 0 saturated heterocycles. The number of nitrogens with zero attached hydrogens (tertiary/aromatic N) is 3. The lowest BCUT2D eigenvalue weighted by Gasteiger charge is -2.28. The molecule has 4 aromatic carbocycles. The number of nitrogens with one attached hydrogen (secondary N) is 14. The number of nitrogens with two attached hydrogens (primary N) is 6. The summed E-state index contributed by atoms with van der Waals surface area (Å²) < 4.78 is 7.44. The normalized spacial score (nSPS) is 13.8. The minimum Gasteiger partial charge on any atom is -0.487 e. The number of ether oxygens (including phenoxy) is 1. The quantitative estimate of drug-likeness (QED) is 0.0162. The van der Waals surface area contributed by atoms with Gasteiger partial charge in [0.05, 0.1) is 50.5 Å². The highest BCUT2D eigenvalue weighted by Crippen LogP contribution is 2.20. The second-order valence-corrected chi connectivity index (χ2v) is 36.1. The first-order valence-corrected chi connectivity index (χ1v) is 47.8. The van der Waals surface area contributed by atoms with Gasteiger partial charge in [-0.1, -0.05) is 106 Å². The van der Waals surface area contributed by atoms with Crippen molar-refractivity contribution in [2.24, 2.45) is 46.2 Å². The monoisotopic (exact) mass is 2100 g/mol. The van der Waals surface area contributed by atoms with Crippen LogP contribution in [-0.2, 0) is 131 Å². The van der Waals surface area contributed by atoms with Crippen LogP contribution in [0.25, 0.3) is 0 Å². The van der Waals surface area contributed by atoms with Crippen molar-refractivity contribution in [1.82, 2.24) is 89.4 Å². The van der Waals surface area contributed by atoms with Gasteiger partial charge in [0.15, 0.2) is 0 Å². The Morgan fingerprint density at radius 2 is 0.700 bits per heavy atom. The van der Waals surface area contributed by atoms with Crippen molar-refractivity contribution >= 4 is 142 Å². The summed E-state index contributed by atoms with van der Waals surface area (Å²) in [6, 6.07) is 5.78. The number of hydrogen-bond acceptors (Lipinski definition) is 29. The molecular formula is C96H131N23O31. The highest BCUT2D eigenvalue weighted by atomic mass is 16.5. The summed E-state index contributed by atoms with van der Waals surface area (Å²) in [5, 5.41) is 99.0. The first-order valence-electron chi connectivity index (χ1n) is 47.8. The first-order chi connectivity index (χ1) is 70.8. The maximum Gasteiger partial charge on any atom is 0.305 e. The molecule has 54 heteroatoms. The number of benzene rings is 4. The smallest absolute Gasteiger partial charge is 0.305 e.